The van der Waals surface area contributed by atoms with E-state index in [-0.39, 0.29) is 6.61 Å². The van der Waals surface area contributed by atoms with Crippen LogP contribution >= 0.6 is 11.3 Å². The van der Waals surface area contributed by atoms with Gasteiger partial charge in [0.1, 0.15) is 0 Å². The van der Waals surface area contributed by atoms with Crippen LogP contribution in [0.1, 0.15) is 18.5 Å². The van der Waals surface area contributed by atoms with Crippen LogP contribution in [0.25, 0.3) is 0 Å². The lowest BCUT2D eigenvalue weighted by Gasteiger charge is -2.19. The SMILES string of the molecule is OCCN(Cc1csc(Nc2ccccc2)n1)C1CC1. The molecular formula is C15H19N3OS. The Morgan fingerprint density at radius 3 is 2.80 bits per heavy atom. The first-order valence-corrected chi connectivity index (χ1v) is 7.84. The van der Waals surface area contributed by atoms with E-state index in [1.165, 1.54) is 12.8 Å². The van der Waals surface area contributed by atoms with Crippen LogP contribution in [0.5, 0.6) is 0 Å². The maximum Gasteiger partial charge on any atom is 0.187 e. The average Bonchev–Trinajstić information content (AvgIpc) is 3.22. The second-order valence-electron chi connectivity index (χ2n) is 5.06. The Morgan fingerprint density at radius 1 is 1.30 bits per heavy atom. The van der Waals surface area contributed by atoms with Crippen LogP contribution < -0.4 is 5.32 Å². The van der Waals surface area contributed by atoms with Crippen LogP contribution in [0.15, 0.2) is 35.7 Å². The Morgan fingerprint density at radius 2 is 2.10 bits per heavy atom. The largest absolute Gasteiger partial charge is 0.395 e. The zero-order valence-corrected chi connectivity index (χ0v) is 12.1. The van der Waals surface area contributed by atoms with Crippen molar-refractivity contribution in [2.24, 2.45) is 0 Å². The Hall–Kier alpha value is -1.43. The van der Waals surface area contributed by atoms with Gasteiger partial charge >= 0.3 is 0 Å². The fraction of sp³-hybridized carbons (Fsp3) is 0.400. The van der Waals surface area contributed by atoms with E-state index in [1.54, 1.807) is 11.3 Å². The van der Waals surface area contributed by atoms with Crippen molar-refractivity contribution in [3.63, 3.8) is 0 Å². The number of rotatable bonds is 7. The zero-order chi connectivity index (χ0) is 13.8. The van der Waals surface area contributed by atoms with Crippen LogP contribution in [0.2, 0.25) is 0 Å². The molecule has 1 heterocycles. The quantitative estimate of drug-likeness (QED) is 0.823. The summed E-state index contributed by atoms with van der Waals surface area (Å²) >= 11 is 1.63. The molecule has 1 saturated carbocycles. The summed E-state index contributed by atoms with van der Waals surface area (Å²) in [6.07, 6.45) is 2.50. The average molecular weight is 289 g/mol. The van der Waals surface area contributed by atoms with E-state index in [2.05, 4.69) is 20.6 Å². The van der Waals surface area contributed by atoms with Crippen molar-refractivity contribution >= 4 is 22.2 Å². The molecule has 0 aliphatic heterocycles. The van der Waals surface area contributed by atoms with Crippen LogP contribution in [-0.2, 0) is 6.54 Å². The summed E-state index contributed by atoms with van der Waals surface area (Å²) in [4.78, 5) is 6.94. The Balaban J connectivity index is 1.61. The van der Waals surface area contributed by atoms with Gasteiger partial charge in [-0.3, -0.25) is 4.90 Å². The first-order valence-electron chi connectivity index (χ1n) is 6.96. The summed E-state index contributed by atoms with van der Waals surface area (Å²) in [7, 11) is 0. The van der Waals surface area contributed by atoms with E-state index >= 15 is 0 Å². The smallest absolute Gasteiger partial charge is 0.187 e. The predicted octanol–water partition coefficient (Wildman–Crippen LogP) is 2.84. The van der Waals surface area contributed by atoms with E-state index in [4.69, 9.17) is 5.11 Å². The van der Waals surface area contributed by atoms with Crippen molar-refractivity contribution in [3.05, 3.63) is 41.4 Å². The number of aliphatic hydroxyl groups is 1. The van der Waals surface area contributed by atoms with Crippen LogP contribution in [0, 0.1) is 0 Å². The number of benzene rings is 1. The fourth-order valence-corrected chi connectivity index (χ4v) is 2.97. The number of para-hydroxylation sites is 1. The molecule has 0 atom stereocenters. The van der Waals surface area contributed by atoms with E-state index in [0.717, 1.165) is 29.6 Å². The van der Waals surface area contributed by atoms with Gasteiger partial charge < -0.3 is 10.4 Å². The Kier molecular flexibility index (Phi) is 4.30. The van der Waals surface area contributed by atoms with Gasteiger partial charge in [-0.1, -0.05) is 18.2 Å². The van der Waals surface area contributed by atoms with Crippen molar-refractivity contribution in [1.29, 1.82) is 0 Å². The molecule has 1 aromatic heterocycles. The third kappa shape index (κ3) is 3.56. The molecule has 3 rings (SSSR count). The molecule has 0 unspecified atom stereocenters. The number of hydrogen-bond donors (Lipinski definition) is 2. The number of thiazole rings is 1. The second kappa shape index (κ2) is 6.35. The van der Waals surface area contributed by atoms with E-state index < -0.39 is 0 Å². The van der Waals surface area contributed by atoms with Gasteiger partial charge in [-0.05, 0) is 25.0 Å². The minimum absolute atomic E-state index is 0.218. The molecule has 4 nitrogen and oxygen atoms in total. The molecule has 2 N–H and O–H groups in total. The summed E-state index contributed by atoms with van der Waals surface area (Å²) in [6, 6.07) is 10.7. The third-order valence-corrected chi connectivity index (χ3v) is 4.20. The number of hydrogen-bond acceptors (Lipinski definition) is 5. The van der Waals surface area contributed by atoms with E-state index in [0.29, 0.717) is 6.04 Å². The van der Waals surface area contributed by atoms with Crippen LogP contribution in [0.3, 0.4) is 0 Å². The number of aliphatic hydroxyl groups excluding tert-OH is 1. The van der Waals surface area contributed by atoms with Gasteiger partial charge in [0.25, 0.3) is 0 Å². The molecule has 1 aliphatic rings. The Labute approximate surface area is 123 Å². The lowest BCUT2D eigenvalue weighted by atomic mass is 10.3. The molecule has 0 bridgehead atoms. The second-order valence-corrected chi connectivity index (χ2v) is 5.92. The highest BCUT2D eigenvalue weighted by Crippen LogP contribution is 2.29. The summed E-state index contributed by atoms with van der Waals surface area (Å²) < 4.78 is 0. The van der Waals surface area contributed by atoms with Crippen molar-refractivity contribution < 1.29 is 5.11 Å². The topological polar surface area (TPSA) is 48.4 Å². The van der Waals surface area contributed by atoms with Crippen LogP contribution in [-0.4, -0.2) is 34.2 Å². The standard InChI is InChI=1S/C15H19N3OS/c19-9-8-18(14-6-7-14)10-13-11-20-15(17-13)16-12-4-2-1-3-5-12/h1-5,11,14,19H,6-10H2,(H,16,17). The normalized spacial score (nSPS) is 14.7. The first kappa shape index (κ1) is 13.5. The molecule has 106 valence electrons. The Bertz CT molecular complexity index is 539. The highest BCUT2D eigenvalue weighted by molar-refractivity contribution is 7.13. The molecular weight excluding hydrogens is 270 g/mol. The molecule has 5 heteroatoms. The molecule has 0 spiro atoms. The van der Waals surface area contributed by atoms with Crippen molar-refractivity contribution in [2.45, 2.75) is 25.4 Å². The number of aromatic nitrogens is 1. The van der Waals surface area contributed by atoms with Gasteiger partial charge in [0.05, 0.1) is 12.3 Å². The van der Waals surface area contributed by atoms with Gasteiger partial charge in [-0.2, -0.15) is 0 Å². The maximum atomic E-state index is 9.12. The molecule has 1 aliphatic carbocycles. The van der Waals surface area contributed by atoms with Gasteiger partial charge in [-0.15, -0.1) is 11.3 Å². The molecule has 0 radical (unpaired) electrons. The lowest BCUT2D eigenvalue weighted by Crippen LogP contribution is -2.28. The van der Waals surface area contributed by atoms with Gasteiger partial charge in [0.2, 0.25) is 0 Å². The summed E-state index contributed by atoms with van der Waals surface area (Å²) in [6.45, 7) is 1.79. The van der Waals surface area contributed by atoms with Crippen LogP contribution in [0.4, 0.5) is 10.8 Å². The highest BCUT2D eigenvalue weighted by Gasteiger charge is 2.28. The van der Waals surface area contributed by atoms with Crippen molar-refractivity contribution in [2.75, 3.05) is 18.5 Å². The molecule has 1 fully saturated rings. The minimum atomic E-state index is 0.218. The van der Waals surface area contributed by atoms with Gasteiger partial charge in [0.15, 0.2) is 5.13 Å². The highest BCUT2D eigenvalue weighted by atomic mass is 32.1. The fourth-order valence-electron chi connectivity index (χ4n) is 2.25. The maximum absolute atomic E-state index is 9.12. The number of anilines is 2. The van der Waals surface area contributed by atoms with Crippen molar-refractivity contribution in [1.82, 2.24) is 9.88 Å². The molecule has 1 aromatic carbocycles. The monoisotopic (exact) mass is 289 g/mol. The predicted molar refractivity (Wildman–Crippen MR) is 82.4 cm³/mol. The number of nitrogens with one attached hydrogen (secondary N) is 1. The van der Waals surface area contributed by atoms with Gasteiger partial charge in [-0.25, -0.2) is 4.98 Å². The van der Waals surface area contributed by atoms with Crippen molar-refractivity contribution in [3.8, 4) is 0 Å². The van der Waals surface area contributed by atoms with E-state index in [9.17, 15) is 0 Å². The van der Waals surface area contributed by atoms with Gasteiger partial charge in [0, 0.05) is 30.2 Å². The third-order valence-electron chi connectivity index (χ3n) is 3.39. The summed E-state index contributed by atoms with van der Waals surface area (Å²) in [5, 5.41) is 15.5. The molecule has 20 heavy (non-hydrogen) atoms. The molecule has 0 amide bonds. The minimum Gasteiger partial charge on any atom is -0.395 e. The zero-order valence-electron chi connectivity index (χ0n) is 11.3. The summed E-state index contributed by atoms with van der Waals surface area (Å²) in [5.41, 5.74) is 2.14. The first-order chi connectivity index (χ1) is 9.85. The summed E-state index contributed by atoms with van der Waals surface area (Å²) in [5.74, 6) is 0. The number of nitrogens with zero attached hydrogens (tertiary/aromatic N) is 2. The van der Waals surface area contributed by atoms with E-state index in [1.807, 2.05) is 30.3 Å². The molecule has 2 aromatic rings. The molecule has 0 saturated heterocycles. The lowest BCUT2D eigenvalue weighted by molar-refractivity contribution is 0.182.